The molecule has 0 saturated heterocycles. The highest BCUT2D eigenvalue weighted by Gasteiger charge is 2.62. The number of hydrogen-bond acceptors (Lipinski definition) is 2. The van der Waals surface area contributed by atoms with Crippen LogP contribution in [-0.4, -0.2) is 11.9 Å². The fourth-order valence-electron chi connectivity index (χ4n) is 2.79. The van der Waals surface area contributed by atoms with Crippen molar-refractivity contribution in [1.29, 1.82) is 0 Å². The third-order valence-electron chi connectivity index (χ3n) is 4.28. The number of oxime groups is 1. The van der Waals surface area contributed by atoms with Crippen LogP contribution < -0.4 is 5.73 Å². The summed E-state index contributed by atoms with van der Waals surface area (Å²) >= 11 is 17.6. The quantitative estimate of drug-likeness (QED) is 0.521. The van der Waals surface area contributed by atoms with Crippen LogP contribution in [0.2, 0.25) is 15.1 Å². The van der Waals surface area contributed by atoms with Crippen LogP contribution in [0.5, 0.6) is 0 Å². The van der Waals surface area contributed by atoms with Crippen molar-refractivity contribution < 1.29 is 28.1 Å². The van der Waals surface area contributed by atoms with Gasteiger partial charge in [-0.25, -0.2) is 4.39 Å². The fraction of sp³-hybridized carbons (Fsp3) is 0.235. The minimum Gasteiger partial charge on any atom is -0.374 e. The van der Waals surface area contributed by atoms with E-state index >= 15 is 0 Å². The first kappa shape index (κ1) is 20.2. The lowest BCUT2D eigenvalue weighted by Gasteiger charge is -2.30. The molecule has 0 bridgehead atoms. The van der Waals surface area contributed by atoms with Crippen molar-refractivity contribution in [3.8, 4) is 0 Å². The summed E-state index contributed by atoms with van der Waals surface area (Å²) in [6, 6.07) is 5.99. The third-order valence-corrected chi connectivity index (χ3v) is 5.48. The molecule has 3 nitrogen and oxygen atoms in total. The Hall–Kier alpha value is -1.54. The van der Waals surface area contributed by atoms with E-state index in [-0.39, 0.29) is 38.5 Å². The van der Waals surface area contributed by atoms with Crippen LogP contribution in [0, 0.1) is 5.82 Å². The largest absolute Gasteiger partial charge is 0.435 e. The minimum atomic E-state index is -4.83. The first-order chi connectivity index (χ1) is 12.6. The summed E-state index contributed by atoms with van der Waals surface area (Å²) in [7, 11) is 0. The van der Waals surface area contributed by atoms with E-state index in [0.29, 0.717) is 5.56 Å². The number of quaternary nitrogens is 1. The van der Waals surface area contributed by atoms with Crippen molar-refractivity contribution >= 4 is 40.5 Å². The van der Waals surface area contributed by atoms with E-state index in [1.807, 2.05) is 0 Å². The van der Waals surface area contributed by atoms with Gasteiger partial charge in [0.2, 0.25) is 0 Å². The maximum atomic E-state index is 14.0. The molecule has 1 aliphatic heterocycles. The molecule has 27 heavy (non-hydrogen) atoms. The maximum Gasteiger partial charge on any atom is 0.435 e. The molecule has 2 aromatic rings. The second-order valence-corrected chi connectivity index (χ2v) is 7.13. The van der Waals surface area contributed by atoms with Gasteiger partial charge in [0.1, 0.15) is 12.4 Å². The molecule has 3 N–H and O–H groups in total. The first-order valence-electron chi connectivity index (χ1n) is 7.64. The van der Waals surface area contributed by atoms with Crippen molar-refractivity contribution in [3.05, 3.63) is 67.9 Å². The summed E-state index contributed by atoms with van der Waals surface area (Å²) in [5.41, 5.74) is 1.08. The molecule has 10 heteroatoms. The van der Waals surface area contributed by atoms with E-state index in [1.165, 1.54) is 12.1 Å². The van der Waals surface area contributed by atoms with E-state index in [9.17, 15) is 17.6 Å². The lowest BCUT2D eigenvalue weighted by molar-refractivity contribution is -0.386. The molecule has 0 radical (unpaired) electrons. The van der Waals surface area contributed by atoms with Gasteiger partial charge >= 0.3 is 6.18 Å². The van der Waals surface area contributed by atoms with Gasteiger partial charge in [-0.2, -0.15) is 13.2 Å². The third kappa shape index (κ3) is 3.49. The lowest BCUT2D eigenvalue weighted by Crippen LogP contribution is -2.47. The van der Waals surface area contributed by atoms with Gasteiger partial charge in [0.15, 0.2) is 0 Å². The van der Waals surface area contributed by atoms with Crippen LogP contribution >= 0.6 is 34.8 Å². The molecule has 0 aromatic heterocycles. The van der Waals surface area contributed by atoms with Gasteiger partial charge in [-0.1, -0.05) is 46.0 Å². The highest BCUT2D eigenvalue weighted by Crippen LogP contribution is 2.50. The van der Waals surface area contributed by atoms with Crippen LogP contribution in [0.1, 0.15) is 23.1 Å². The molecule has 1 heterocycles. The number of rotatable bonds is 3. The summed E-state index contributed by atoms with van der Waals surface area (Å²) in [5.74, 6) is -0.494. The molecule has 1 unspecified atom stereocenters. The van der Waals surface area contributed by atoms with E-state index < -0.39 is 24.0 Å². The highest BCUT2D eigenvalue weighted by molar-refractivity contribution is 6.48. The predicted octanol–water partition coefficient (Wildman–Crippen LogP) is 5.11. The summed E-state index contributed by atoms with van der Waals surface area (Å²) in [6.45, 7) is 0.140. The van der Waals surface area contributed by atoms with E-state index in [2.05, 4.69) is 10.9 Å². The van der Waals surface area contributed by atoms with Crippen LogP contribution in [0.4, 0.5) is 17.6 Å². The Bertz CT molecular complexity index is 910. The second-order valence-electron chi connectivity index (χ2n) is 5.94. The number of nitrogens with zero attached hydrogens (tertiary/aromatic N) is 1. The lowest BCUT2D eigenvalue weighted by atomic mass is 9.86. The van der Waals surface area contributed by atoms with Gasteiger partial charge < -0.3 is 10.6 Å². The topological polar surface area (TPSA) is 49.2 Å². The number of halogens is 7. The van der Waals surface area contributed by atoms with E-state index in [4.69, 9.17) is 39.6 Å². The molecule has 0 aliphatic carbocycles. The van der Waals surface area contributed by atoms with Crippen LogP contribution in [0.15, 0.2) is 35.5 Å². The molecular weight excluding hydrogens is 431 g/mol. The number of hydrogen-bond donors (Lipinski definition) is 1. The molecule has 0 saturated carbocycles. The molecule has 0 amide bonds. The SMILES string of the molecule is [NH3+]Cc1cc(C2=NOC(c3cc(Cl)c(Cl)c(Cl)c3)(C(F)(F)F)C2)ccc1F. The van der Waals surface area contributed by atoms with Crippen molar-refractivity contribution in [2.24, 2.45) is 5.16 Å². The van der Waals surface area contributed by atoms with Crippen molar-refractivity contribution in [2.75, 3.05) is 0 Å². The van der Waals surface area contributed by atoms with Crippen LogP contribution in [0.3, 0.4) is 0 Å². The number of benzene rings is 2. The van der Waals surface area contributed by atoms with Gasteiger partial charge in [0, 0.05) is 23.1 Å². The summed E-state index contributed by atoms with van der Waals surface area (Å²) in [4.78, 5) is 4.90. The first-order valence-corrected chi connectivity index (χ1v) is 8.77. The molecule has 1 aliphatic rings. The molecule has 3 rings (SSSR count). The van der Waals surface area contributed by atoms with E-state index in [0.717, 1.165) is 18.2 Å². The summed E-state index contributed by atoms with van der Waals surface area (Å²) < 4.78 is 55.6. The summed E-state index contributed by atoms with van der Waals surface area (Å²) in [6.07, 6.45) is -5.46. The van der Waals surface area contributed by atoms with Crippen molar-refractivity contribution in [2.45, 2.75) is 24.7 Å². The Morgan fingerprint density at radius 2 is 1.74 bits per heavy atom. The smallest absolute Gasteiger partial charge is 0.374 e. The molecule has 0 fully saturated rings. The molecular formula is C17H12Cl3F4N2O+. The molecule has 2 aromatic carbocycles. The molecule has 1 atom stereocenters. The Balaban J connectivity index is 2.06. The van der Waals surface area contributed by atoms with Crippen LogP contribution in [0.25, 0.3) is 0 Å². The van der Waals surface area contributed by atoms with Gasteiger partial charge in [-0.3, -0.25) is 0 Å². The zero-order chi connectivity index (χ0) is 20.0. The Labute approximate surface area is 166 Å². The van der Waals surface area contributed by atoms with Gasteiger partial charge in [0.05, 0.1) is 20.8 Å². The van der Waals surface area contributed by atoms with Gasteiger partial charge in [-0.05, 0) is 24.3 Å². The van der Waals surface area contributed by atoms with Gasteiger partial charge in [0.25, 0.3) is 5.60 Å². The fourth-order valence-corrected chi connectivity index (χ4v) is 3.39. The average Bonchev–Trinajstić information content (AvgIpc) is 3.06. The Morgan fingerprint density at radius 1 is 1.11 bits per heavy atom. The van der Waals surface area contributed by atoms with Crippen molar-refractivity contribution in [3.63, 3.8) is 0 Å². The monoisotopic (exact) mass is 441 g/mol. The van der Waals surface area contributed by atoms with Crippen LogP contribution in [-0.2, 0) is 17.0 Å². The minimum absolute atomic E-state index is 0.0178. The second kappa shape index (κ2) is 7.13. The number of alkyl halides is 3. The average molecular weight is 443 g/mol. The zero-order valence-electron chi connectivity index (χ0n) is 13.5. The summed E-state index contributed by atoms with van der Waals surface area (Å²) in [5, 5.41) is 3.29. The standard InChI is InChI=1S/C17H11Cl3F4N2O/c18-11-4-10(5-12(19)15(11)20)16(17(22,23)24)6-14(26-27-16)8-1-2-13(21)9(3-8)7-25/h1-5H,6-7,25H2/p+1. The zero-order valence-corrected chi connectivity index (χ0v) is 15.8. The van der Waals surface area contributed by atoms with Gasteiger partial charge in [-0.15, -0.1) is 0 Å². The Morgan fingerprint density at radius 3 is 2.30 bits per heavy atom. The maximum absolute atomic E-state index is 14.0. The Kier molecular flexibility index (Phi) is 5.33. The van der Waals surface area contributed by atoms with E-state index in [1.54, 1.807) is 0 Å². The normalized spacial score (nSPS) is 19.8. The molecule has 144 valence electrons. The predicted molar refractivity (Wildman–Crippen MR) is 94.4 cm³/mol. The highest BCUT2D eigenvalue weighted by atomic mass is 35.5. The van der Waals surface area contributed by atoms with Crippen molar-refractivity contribution in [1.82, 2.24) is 0 Å². The molecule has 0 spiro atoms.